The maximum absolute atomic E-state index is 13.0. The van der Waals surface area contributed by atoms with Crippen molar-refractivity contribution in [2.45, 2.75) is 26.3 Å². The van der Waals surface area contributed by atoms with Crippen molar-refractivity contribution in [1.82, 2.24) is 14.7 Å². The minimum absolute atomic E-state index is 0. The van der Waals surface area contributed by atoms with Gasteiger partial charge in [-0.15, -0.1) is 12.4 Å². The molecule has 8 heteroatoms. The smallest absolute Gasteiger partial charge is 0.274 e. The first-order valence-corrected chi connectivity index (χ1v) is 10.4. The van der Waals surface area contributed by atoms with E-state index in [0.29, 0.717) is 23.4 Å². The molecule has 0 fully saturated rings. The monoisotopic (exact) mass is 461 g/mol. The van der Waals surface area contributed by atoms with Gasteiger partial charge in [0.25, 0.3) is 5.56 Å². The molecule has 0 aliphatic carbocycles. The van der Waals surface area contributed by atoms with Gasteiger partial charge in [-0.1, -0.05) is 12.1 Å². The number of rotatable bonds is 10. The number of aromatic nitrogens is 2. The number of fused-ring (bicyclic) bond motifs is 1. The molecule has 0 atom stereocenters. The average molecular weight is 462 g/mol. The molecule has 3 aromatic rings. The van der Waals surface area contributed by atoms with Crippen LogP contribution in [0.3, 0.4) is 0 Å². The molecular weight excluding hydrogens is 430 g/mol. The summed E-state index contributed by atoms with van der Waals surface area (Å²) >= 11 is 0. The molecule has 0 aliphatic heterocycles. The van der Waals surface area contributed by atoms with Crippen LogP contribution in [0.1, 0.15) is 17.7 Å². The maximum Gasteiger partial charge on any atom is 0.274 e. The Kier molecular flexibility index (Phi) is 9.35. The van der Waals surface area contributed by atoms with Crippen LogP contribution in [0.5, 0.6) is 17.2 Å². The van der Waals surface area contributed by atoms with E-state index in [0.717, 1.165) is 42.8 Å². The van der Waals surface area contributed by atoms with Gasteiger partial charge in [-0.25, -0.2) is 4.68 Å². The number of nitrogens with zero attached hydrogens (tertiary/aromatic N) is 3. The molecule has 7 nitrogen and oxygen atoms in total. The largest absolute Gasteiger partial charge is 0.497 e. The average Bonchev–Trinajstić information content (AvgIpc) is 2.80. The van der Waals surface area contributed by atoms with Crippen molar-refractivity contribution in [3.05, 3.63) is 58.0 Å². The predicted octanol–water partition coefficient (Wildman–Crippen LogP) is 3.72. The van der Waals surface area contributed by atoms with Crippen molar-refractivity contribution < 1.29 is 14.2 Å². The molecule has 0 amide bonds. The molecule has 1 heterocycles. The van der Waals surface area contributed by atoms with Gasteiger partial charge in [-0.05, 0) is 63.2 Å². The fraction of sp³-hybridized carbons (Fsp3) is 0.417. The maximum atomic E-state index is 13.0. The highest BCUT2D eigenvalue weighted by molar-refractivity contribution is 5.87. The minimum Gasteiger partial charge on any atom is -0.497 e. The Morgan fingerprint density at radius 1 is 0.938 bits per heavy atom. The SMILES string of the molecule is COc1ccc(CCN(C)CCCn2nc(C)c3cc(OC)c(OC)cc3c2=O)cc1.Cl. The van der Waals surface area contributed by atoms with Gasteiger partial charge in [0.05, 0.1) is 32.4 Å². The van der Waals surface area contributed by atoms with Crippen LogP contribution in [-0.2, 0) is 13.0 Å². The van der Waals surface area contributed by atoms with Crippen molar-refractivity contribution in [2.24, 2.45) is 0 Å². The Labute approximate surface area is 195 Å². The van der Waals surface area contributed by atoms with Crippen molar-refractivity contribution >= 4 is 23.2 Å². The fourth-order valence-electron chi connectivity index (χ4n) is 3.64. The lowest BCUT2D eigenvalue weighted by atomic mass is 10.1. The van der Waals surface area contributed by atoms with E-state index in [9.17, 15) is 4.79 Å². The Morgan fingerprint density at radius 2 is 1.56 bits per heavy atom. The quantitative estimate of drug-likeness (QED) is 0.458. The van der Waals surface area contributed by atoms with Gasteiger partial charge in [0.15, 0.2) is 11.5 Å². The van der Waals surface area contributed by atoms with E-state index in [1.54, 1.807) is 32.1 Å². The zero-order chi connectivity index (χ0) is 22.4. The molecule has 0 bridgehead atoms. The molecule has 0 saturated heterocycles. The number of ether oxygens (including phenoxy) is 3. The lowest BCUT2D eigenvalue weighted by Crippen LogP contribution is -2.28. The Bertz CT molecular complexity index is 1080. The van der Waals surface area contributed by atoms with Crippen LogP contribution in [0.25, 0.3) is 10.8 Å². The number of hydrogen-bond donors (Lipinski definition) is 0. The van der Waals surface area contributed by atoms with Gasteiger partial charge in [-0.3, -0.25) is 4.79 Å². The van der Waals surface area contributed by atoms with Gasteiger partial charge in [0.2, 0.25) is 0 Å². The van der Waals surface area contributed by atoms with Gasteiger partial charge in [-0.2, -0.15) is 5.10 Å². The number of halogens is 1. The first kappa shape index (κ1) is 25.5. The third kappa shape index (κ3) is 5.93. The molecule has 3 rings (SSSR count). The summed E-state index contributed by atoms with van der Waals surface area (Å²) in [6.07, 6.45) is 1.81. The Morgan fingerprint density at radius 3 is 2.16 bits per heavy atom. The molecule has 0 spiro atoms. The van der Waals surface area contributed by atoms with Crippen molar-refractivity contribution in [1.29, 1.82) is 0 Å². The standard InChI is InChI=1S/C24H31N3O4.ClH/c1-17-20-15-22(30-4)23(31-5)16-21(20)24(28)27(25-17)13-6-12-26(2)14-11-18-7-9-19(29-3)10-8-18;/h7-10,15-16H,6,11-14H2,1-5H3;1H. The summed E-state index contributed by atoms with van der Waals surface area (Å²) in [5.74, 6) is 2.01. The number of aryl methyl sites for hydroxylation is 2. The van der Waals surface area contributed by atoms with E-state index < -0.39 is 0 Å². The van der Waals surface area contributed by atoms with E-state index in [2.05, 4.69) is 29.2 Å². The molecular formula is C24H32ClN3O4. The zero-order valence-electron chi connectivity index (χ0n) is 19.4. The molecule has 174 valence electrons. The summed E-state index contributed by atoms with van der Waals surface area (Å²) in [4.78, 5) is 15.2. The second-order valence-electron chi connectivity index (χ2n) is 7.62. The van der Waals surface area contributed by atoms with Crippen molar-refractivity contribution in [3.63, 3.8) is 0 Å². The predicted molar refractivity (Wildman–Crippen MR) is 130 cm³/mol. The van der Waals surface area contributed by atoms with Crippen LogP contribution in [-0.4, -0.2) is 56.1 Å². The third-order valence-corrected chi connectivity index (χ3v) is 5.50. The highest BCUT2D eigenvalue weighted by atomic mass is 35.5. The van der Waals surface area contributed by atoms with E-state index in [4.69, 9.17) is 14.2 Å². The van der Waals surface area contributed by atoms with E-state index in [-0.39, 0.29) is 18.0 Å². The highest BCUT2D eigenvalue weighted by Crippen LogP contribution is 2.31. The zero-order valence-corrected chi connectivity index (χ0v) is 20.2. The number of hydrogen-bond acceptors (Lipinski definition) is 6. The van der Waals surface area contributed by atoms with Gasteiger partial charge < -0.3 is 19.1 Å². The van der Waals surface area contributed by atoms with Crippen LogP contribution in [0.4, 0.5) is 0 Å². The van der Waals surface area contributed by atoms with Crippen LogP contribution in [0.2, 0.25) is 0 Å². The summed E-state index contributed by atoms with van der Waals surface area (Å²) < 4.78 is 17.5. The number of methoxy groups -OCH3 is 3. The topological polar surface area (TPSA) is 65.8 Å². The molecule has 0 N–H and O–H groups in total. The Hall–Kier alpha value is -2.77. The molecule has 0 saturated carbocycles. The van der Waals surface area contributed by atoms with Crippen LogP contribution in [0, 0.1) is 6.92 Å². The molecule has 2 aromatic carbocycles. The highest BCUT2D eigenvalue weighted by Gasteiger charge is 2.13. The van der Waals surface area contributed by atoms with Crippen LogP contribution in [0.15, 0.2) is 41.2 Å². The summed E-state index contributed by atoms with van der Waals surface area (Å²) in [5.41, 5.74) is 1.96. The van der Waals surface area contributed by atoms with E-state index in [1.807, 2.05) is 25.1 Å². The van der Waals surface area contributed by atoms with Crippen molar-refractivity contribution in [2.75, 3.05) is 41.5 Å². The molecule has 1 aromatic heterocycles. The molecule has 0 aliphatic rings. The lowest BCUT2D eigenvalue weighted by Gasteiger charge is -2.17. The summed E-state index contributed by atoms with van der Waals surface area (Å²) in [6, 6.07) is 11.7. The van der Waals surface area contributed by atoms with Gasteiger partial charge >= 0.3 is 0 Å². The first-order chi connectivity index (χ1) is 15.0. The second-order valence-corrected chi connectivity index (χ2v) is 7.62. The van der Waals surface area contributed by atoms with Crippen molar-refractivity contribution in [3.8, 4) is 17.2 Å². The van der Waals surface area contributed by atoms with Crippen LogP contribution >= 0.6 is 12.4 Å². The second kappa shape index (κ2) is 11.7. The van der Waals surface area contributed by atoms with Gasteiger partial charge in [0.1, 0.15) is 5.75 Å². The van der Waals surface area contributed by atoms with Crippen LogP contribution < -0.4 is 19.8 Å². The summed E-state index contributed by atoms with van der Waals surface area (Å²) in [5, 5.41) is 5.90. The normalized spacial score (nSPS) is 10.8. The summed E-state index contributed by atoms with van der Waals surface area (Å²) in [6.45, 7) is 4.30. The van der Waals surface area contributed by atoms with E-state index >= 15 is 0 Å². The molecule has 0 unspecified atom stereocenters. The summed E-state index contributed by atoms with van der Waals surface area (Å²) in [7, 11) is 6.92. The van der Waals surface area contributed by atoms with E-state index in [1.165, 1.54) is 5.56 Å². The third-order valence-electron chi connectivity index (χ3n) is 5.50. The van der Waals surface area contributed by atoms with Gasteiger partial charge in [0, 0.05) is 18.5 Å². The molecule has 0 radical (unpaired) electrons. The number of likely N-dealkylation sites (N-methyl/N-ethyl adjacent to an activating group) is 1. The molecule has 32 heavy (non-hydrogen) atoms. The Balaban J connectivity index is 0.00000363. The number of benzene rings is 2. The minimum atomic E-state index is -0.109. The lowest BCUT2D eigenvalue weighted by molar-refractivity contribution is 0.320. The first-order valence-electron chi connectivity index (χ1n) is 10.4. The fourth-order valence-corrected chi connectivity index (χ4v) is 3.64.